The van der Waals surface area contributed by atoms with Crippen molar-refractivity contribution in [2.24, 2.45) is 0 Å². The zero-order valence-electron chi connectivity index (χ0n) is 17.1. The van der Waals surface area contributed by atoms with Crippen LogP contribution in [0.25, 0.3) is 6.08 Å². The van der Waals surface area contributed by atoms with Crippen LogP contribution in [-0.4, -0.2) is 39.8 Å². The molecule has 0 bridgehead atoms. The molecule has 0 aromatic heterocycles. The number of nitriles is 1. The van der Waals surface area contributed by atoms with Crippen molar-refractivity contribution in [1.29, 1.82) is 5.26 Å². The lowest BCUT2D eigenvalue weighted by Crippen LogP contribution is -2.13. The van der Waals surface area contributed by atoms with Crippen LogP contribution >= 0.6 is 0 Å². The van der Waals surface area contributed by atoms with E-state index in [4.69, 9.17) is 18.9 Å². The number of hydrogen-bond acceptors (Lipinski definition) is 7. The van der Waals surface area contributed by atoms with Gasteiger partial charge in [-0.05, 0) is 43.3 Å². The van der Waals surface area contributed by atoms with E-state index in [1.165, 1.54) is 39.5 Å². The number of anilines is 1. The molecule has 2 aromatic rings. The zero-order valence-corrected chi connectivity index (χ0v) is 17.1. The topological polar surface area (TPSA) is 107 Å². The van der Waals surface area contributed by atoms with Crippen LogP contribution in [0.4, 0.5) is 5.69 Å². The Bertz CT molecular complexity index is 990. The Labute approximate surface area is 174 Å². The molecule has 0 atom stereocenters. The second-order valence-corrected chi connectivity index (χ2v) is 5.87. The Morgan fingerprint density at radius 1 is 1.00 bits per heavy atom. The molecule has 0 aliphatic rings. The summed E-state index contributed by atoms with van der Waals surface area (Å²) >= 11 is 0. The molecule has 0 aliphatic carbocycles. The normalized spacial score (nSPS) is 10.6. The van der Waals surface area contributed by atoms with Gasteiger partial charge in [0.15, 0.2) is 11.5 Å². The number of methoxy groups -OCH3 is 3. The van der Waals surface area contributed by atoms with E-state index in [2.05, 4.69) is 5.32 Å². The number of ether oxygens (including phenoxy) is 4. The minimum absolute atomic E-state index is 0.144. The lowest BCUT2D eigenvalue weighted by atomic mass is 10.1. The average Bonchev–Trinajstić information content (AvgIpc) is 2.77. The van der Waals surface area contributed by atoms with Crippen LogP contribution in [0.5, 0.6) is 17.2 Å². The second-order valence-electron chi connectivity index (χ2n) is 5.87. The Kier molecular flexibility index (Phi) is 7.82. The lowest BCUT2D eigenvalue weighted by molar-refractivity contribution is -0.112. The third kappa shape index (κ3) is 5.29. The molecule has 0 unspecified atom stereocenters. The van der Waals surface area contributed by atoms with E-state index >= 15 is 0 Å². The van der Waals surface area contributed by atoms with Gasteiger partial charge in [-0.15, -0.1) is 0 Å². The second kappa shape index (κ2) is 10.5. The van der Waals surface area contributed by atoms with Crippen LogP contribution in [0.15, 0.2) is 42.0 Å². The summed E-state index contributed by atoms with van der Waals surface area (Å²) in [5, 5.41) is 12.1. The van der Waals surface area contributed by atoms with Gasteiger partial charge in [-0.2, -0.15) is 5.26 Å². The van der Waals surface area contributed by atoms with Crippen LogP contribution in [-0.2, 0) is 9.53 Å². The van der Waals surface area contributed by atoms with Crippen LogP contribution in [0.1, 0.15) is 22.8 Å². The van der Waals surface area contributed by atoms with Crippen molar-refractivity contribution < 1.29 is 28.5 Å². The number of esters is 1. The van der Waals surface area contributed by atoms with Gasteiger partial charge in [0.1, 0.15) is 17.4 Å². The van der Waals surface area contributed by atoms with Crippen LogP contribution in [0, 0.1) is 11.3 Å². The number of nitrogens with one attached hydrogen (secondary N) is 1. The first-order valence-electron chi connectivity index (χ1n) is 8.97. The zero-order chi connectivity index (χ0) is 22.1. The molecular weight excluding hydrogens is 388 g/mol. The van der Waals surface area contributed by atoms with Gasteiger partial charge < -0.3 is 24.3 Å². The highest BCUT2D eigenvalue weighted by atomic mass is 16.5. The van der Waals surface area contributed by atoms with Gasteiger partial charge in [0.05, 0.1) is 33.5 Å². The van der Waals surface area contributed by atoms with E-state index in [1.807, 2.05) is 6.07 Å². The number of hydrogen-bond donors (Lipinski definition) is 1. The van der Waals surface area contributed by atoms with E-state index < -0.39 is 11.9 Å². The maximum atomic E-state index is 12.6. The van der Waals surface area contributed by atoms with E-state index in [0.29, 0.717) is 34.1 Å². The molecule has 2 aromatic carbocycles. The molecule has 1 N–H and O–H groups in total. The molecule has 1 amide bonds. The first-order valence-corrected chi connectivity index (χ1v) is 8.97. The molecule has 2 rings (SSSR count). The van der Waals surface area contributed by atoms with E-state index in [9.17, 15) is 14.9 Å². The summed E-state index contributed by atoms with van der Waals surface area (Å²) in [5.41, 5.74) is 1.11. The van der Waals surface area contributed by atoms with Gasteiger partial charge in [0, 0.05) is 17.3 Å². The Balaban J connectivity index is 2.27. The number of nitrogens with zero attached hydrogens (tertiary/aromatic N) is 1. The van der Waals surface area contributed by atoms with Gasteiger partial charge in [-0.25, -0.2) is 4.79 Å². The predicted molar refractivity (Wildman–Crippen MR) is 111 cm³/mol. The van der Waals surface area contributed by atoms with E-state index in [0.717, 1.165) is 0 Å². The minimum atomic E-state index is -0.613. The number of rotatable bonds is 8. The summed E-state index contributed by atoms with van der Waals surface area (Å²) in [6, 6.07) is 11.3. The lowest BCUT2D eigenvalue weighted by Gasteiger charge is -2.12. The first-order chi connectivity index (χ1) is 14.5. The molecule has 0 saturated carbocycles. The molecule has 0 radical (unpaired) electrons. The molecule has 0 heterocycles. The van der Waals surface area contributed by atoms with Crippen LogP contribution < -0.4 is 19.5 Å². The van der Waals surface area contributed by atoms with Gasteiger partial charge in [0.2, 0.25) is 0 Å². The fourth-order valence-corrected chi connectivity index (χ4v) is 2.57. The number of carbonyl (C=O) groups is 2. The van der Waals surface area contributed by atoms with Gasteiger partial charge in [-0.3, -0.25) is 4.79 Å². The highest BCUT2D eigenvalue weighted by Crippen LogP contribution is 2.35. The van der Waals surface area contributed by atoms with Crippen molar-refractivity contribution in [1.82, 2.24) is 0 Å². The van der Waals surface area contributed by atoms with Crippen molar-refractivity contribution in [2.45, 2.75) is 6.92 Å². The van der Waals surface area contributed by atoms with Crippen molar-refractivity contribution in [3.63, 3.8) is 0 Å². The molecule has 156 valence electrons. The molecule has 0 saturated heterocycles. The quantitative estimate of drug-likeness (QED) is 0.404. The fourth-order valence-electron chi connectivity index (χ4n) is 2.57. The summed E-state index contributed by atoms with van der Waals surface area (Å²) < 4.78 is 20.7. The predicted octanol–water partition coefficient (Wildman–Crippen LogP) is 3.43. The SMILES string of the molecule is CCOC(=O)c1ccc(NC(=O)/C(C#N)=C/c2cc(OC)c(OC)cc2OC)cc1. The smallest absolute Gasteiger partial charge is 0.338 e. The van der Waals surface area contributed by atoms with E-state index in [1.54, 1.807) is 31.2 Å². The highest BCUT2D eigenvalue weighted by Gasteiger charge is 2.15. The molecule has 8 nitrogen and oxygen atoms in total. The largest absolute Gasteiger partial charge is 0.496 e. The van der Waals surface area contributed by atoms with Crippen molar-refractivity contribution in [3.05, 3.63) is 53.1 Å². The molecular formula is C22H22N2O6. The van der Waals surface area contributed by atoms with Gasteiger partial charge in [0.25, 0.3) is 5.91 Å². The number of carbonyl (C=O) groups excluding carboxylic acids is 2. The molecule has 0 fully saturated rings. The summed E-state index contributed by atoms with van der Waals surface area (Å²) in [4.78, 5) is 24.3. The van der Waals surface area contributed by atoms with E-state index in [-0.39, 0.29) is 12.2 Å². The third-order valence-corrected chi connectivity index (χ3v) is 4.05. The Morgan fingerprint density at radius 3 is 2.13 bits per heavy atom. The Hall–Kier alpha value is -3.99. The maximum Gasteiger partial charge on any atom is 0.338 e. The summed E-state index contributed by atoms with van der Waals surface area (Å²) in [6.07, 6.45) is 1.39. The maximum absolute atomic E-state index is 12.6. The van der Waals surface area contributed by atoms with Gasteiger partial charge >= 0.3 is 5.97 Å². The highest BCUT2D eigenvalue weighted by molar-refractivity contribution is 6.10. The van der Waals surface area contributed by atoms with Crippen LogP contribution in [0.3, 0.4) is 0 Å². The molecule has 30 heavy (non-hydrogen) atoms. The standard InChI is InChI=1S/C22H22N2O6/c1-5-30-22(26)14-6-8-17(9-7-14)24-21(25)16(13-23)10-15-11-19(28-3)20(29-4)12-18(15)27-2/h6-12H,5H2,1-4H3,(H,24,25)/b16-10+. The number of amides is 1. The van der Waals surface area contributed by atoms with Crippen molar-refractivity contribution in [3.8, 4) is 23.3 Å². The summed E-state index contributed by atoms with van der Waals surface area (Å²) in [6.45, 7) is 1.99. The summed E-state index contributed by atoms with van der Waals surface area (Å²) in [5.74, 6) is 0.228. The van der Waals surface area contributed by atoms with Crippen molar-refractivity contribution >= 4 is 23.6 Å². The minimum Gasteiger partial charge on any atom is -0.496 e. The van der Waals surface area contributed by atoms with Crippen molar-refractivity contribution in [2.75, 3.05) is 33.3 Å². The molecule has 0 spiro atoms. The monoisotopic (exact) mass is 410 g/mol. The summed E-state index contributed by atoms with van der Waals surface area (Å²) in [7, 11) is 4.44. The molecule has 0 aliphatic heterocycles. The van der Waals surface area contributed by atoms with Crippen LogP contribution in [0.2, 0.25) is 0 Å². The number of benzene rings is 2. The average molecular weight is 410 g/mol. The Morgan fingerprint density at radius 2 is 1.60 bits per heavy atom. The fraction of sp³-hybridized carbons (Fsp3) is 0.227. The molecule has 8 heteroatoms. The third-order valence-electron chi connectivity index (χ3n) is 4.05. The van der Waals surface area contributed by atoms with Gasteiger partial charge in [-0.1, -0.05) is 0 Å². The first kappa shape index (κ1) is 22.3.